The lowest BCUT2D eigenvalue weighted by Crippen LogP contribution is -2.23. The van der Waals surface area contributed by atoms with Crippen LogP contribution in [0.5, 0.6) is 0 Å². The van der Waals surface area contributed by atoms with E-state index in [9.17, 15) is 4.79 Å². The van der Waals surface area contributed by atoms with Gasteiger partial charge in [-0.3, -0.25) is 4.79 Å². The highest BCUT2D eigenvalue weighted by atomic mass is 16.1. The third-order valence-electron chi connectivity index (χ3n) is 4.30. The van der Waals surface area contributed by atoms with Gasteiger partial charge in [0.25, 0.3) is 5.56 Å². The van der Waals surface area contributed by atoms with E-state index in [0.29, 0.717) is 17.8 Å². The van der Waals surface area contributed by atoms with E-state index in [-0.39, 0.29) is 11.5 Å². The van der Waals surface area contributed by atoms with Gasteiger partial charge in [0, 0.05) is 5.92 Å². The predicted molar refractivity (Wildman–Crippen MR) is 84.5 cm³/mol. The van der Waals surface area contributed by atoms with E-state index in [2.05, 4.69) is 34.2 Å². The van der Waals surface area contributed by atoms with Crippen molar-refractivity contribution >= 4 is 5.82 Å². The molecular weight excluding hydrogens is 262 g/mol. The number of aryl methyl sites for hydroxylation is 1. The Morgan fingerprint density at radius 3 is 2.81 bits per heavy atom. The number of anilines is 1. The van der Waals surface area contributed by atoms with E-state index in [0.717, 1.165) is 31.5 Å². The number of aromatic nitrogens is 2. The van der Waals surface area contributed by atoms with Gasteiger partial charge in [-0.1, -0.05) is 37.6 Å². The summed E-state index contributed by atoms with van der Waals surface area (Å²) in [6.45, 7) is 2.03. The summed E-state index contributed by atoms with van der Waals surface area (Å²) in [5, 5.41) is 0. The molecule has 0 spiro atoms. The fourth-order valence-electron chi connectivity index (χ4n) is 3.15. The zero-order valence-electron chi connectivity index (χ0n) is 12.4. The van der Waals surface area contributed by atoms with E-state index in [1.165, 1.54) is 11.1 Å². The highest BCUT2D eigenvalue weighted by Gasteiger charge is 2.22. The highest BCUT2D eigenvalue weighted by molar-refractivity contribution is 5.39. The normalized spacial score (nSPS) is 17.5. The fraction of sp³-hybridized carbons (Fsp3) is 0.412. The maximum atomic E-state index is 12.2. The van der Waals surface area contributed by atoms with Crippen LogP contribution in [0.25, 0.3) is 0 Å². The van der Waals surface area contributed by atoms with Gasteiger partial charge in [0.15, 0.2) is 0 Å². The Balaban J connectivity index is 1.91. The number of hydrogen-bond acceptors (Lipinski definition) is 3. The van der Waals surface area contributed by atoms with Gasteiger partial charge in [-0.15, -0.1) is 0 Å². The van der Waals surface area contributed by atoms with Crippen molar-refractivity contribution in [2.24, 2.45) is 0 Å². The van der Waals surface area contributed by atoms with Crippen molar-refractivity contribution in [2.45, 2.75) is 44.9 Å². The molecule has 1 aliphatic rings. The summed E-state index contributed by atoms with van der Waals surface area (Å²) in [7, 11) is 0. The van der Waals surface area contributed by atoms with Crippen molar-refractivity contribution in [3.63, 3.8) is 0 Å². The van der Waals surface area contributed by atoms with Crippen LogP contribution >= 0.6 is 0 Å². The molecule has 4 heteroatoms. The van der Waals surface area contributed by atoms with Crippen LogP contribution in [0.2, 0.25) is 0 Å². The maximum absolute atomic E-state index is 12.2. The molecule has 0 radical (unpaired) electrons. The van der Waals surface area contributed by atoms with Crippen molar-refractivity contribution in [1.82, 2.24) is 9.97 Å². The molecule has 1 unspecified atom stereocenters. The molecule has 1 atom stereocenters. The minimum Gasteiger partial charge on any atom is -0.383 e. The van der Waals surface area contributed by atoms with Gasteiger partial charge in [-0.25, -0.2) is 4.98 Å². The number of nitrogens with one attached hydrogen (secondary N) is 1. The minimum atomic E-state index is -0.0711. The number of benzene rings is 1. The zero-order valence-corrected chi connectivity index (χ0v) is 12.4. The van der Waals surface area contributed by atoms with E-state index in [1.54, 1.807) is 0 Å². The molecule has 0 fully saturated rings. The summed E-state index contributed by atoms with van der Waals surface area (Å²) in [6, 6.07) is 8.49. The Morgan fingerprint density at radius 2 is 2.10 bits per heavy atom. The first-order valence-electron chi connectivity index (χ1n) is 7.64. The van der Waals surface area contributed by atoms with Crippen LogP contribution in [0.4, 0.5) is 5.82 Å². The van der Waals surface area contributed by atoms with Gasteiger partial charge >= 0.3 is 0 Å². The van der Waals surface area contributed by atoms with Gasteiger partial charge in [0.05, 0.1) is 5.56 Å². The third kappa shape index (κ3) is 2.71. The van der Waals surface area contributed by atoms with Crippen molar-refractivity contribution in [3.05, 3.63) is 57.1 Å². The minimum absolute atomic E-state index is 0.0711. The van der Waals surface area contributed by atoms with Crippen molar-refractivity contribution in [3.8, 4) is 0 Å². The van der Waals surface area contributed by atoms with Crippen LogP contribution in [-0.4, -0.2) is 9.97 Å². The number of hydrogen-bond donors (Lipinski definition) is 2. The lowest BCUT2D eigenvalue weighted by Gasteiger charge is -2.24. The Morgan fingerprint density at radius 1 is 1.33 bits per heavy atom. The summed E-state index contributed by atoms with van der Waals surface area (Å²) in [5.74, 6) is 1.40. The zero-order chi connectivity index (χ0) is 14.8. The predicted octanol–water partition coefficient (Wildman–Crippen LogP) is 2.58. The Kier molecular flexibility index (Phi) is 3.78. The van der Waals surface area contributed by atoms with E-state index in [4.69, 9.17) is 5.73 Å². The number of fused-ring (bicyclic) bond motifs is 1. The number of nitrogens with zero attached hydrogens (tertiary/aromatic N) is 1. The molecule has 110 valence electrons. The highest BCUT2D eigenvalue weighted by Crippen LogP contribution is 2.30. The lowest BCUT2D eigenvalue weighted by atomic mass is 9.83. The largest absolute Gasteiger partial charge is 0.383 e. The summed E-state index contributed by atoms with van der Waals surface area (Å²) in [6.07, 6.45) is 4.53. The maximum Gasteiger partial charge on any atom is 0.256 e. The van der Waals surface area contributed by atoms with Crippen LogP contribution in [0, 0.1) is 0 Å². The first-order chi connectivity index (χ1) is 10.2. The summed E-state index contributed by atoms with van der Waals surface area (Å²) < 4.78 is 0. The number of H-pyrrole nitrogens is 1. The Labute approximate surface area is 124 Å². The van der Waals surface area contributed by atoms with Crippen LogP contribution in [-0.2, 0) is 19.3 Å². The molecule has 21 heavy (non-hydrogen) atoms. The van der Waals surface area contributed by atoms with Crippen LogP contribution in [0.1, 0.15) is 48.2 Å². The number of nitrogen functional groups attached to an aromatic ring is 1. The average Bonchev–Trinajstić information content (AvgIpc) is 2.50. The molecule has 1 heterocycles. The third-order valence-corrected chi connectivity index (χ3v) is 4.30. The van der Waals surface area contributed by atoms with E-state index < -0.39 is 0 Å². The van der Waals surface area contributed by atoms with E-state index in [1.807, 2.05) is 6.92 Å². The number of nitrogens with two attached hydrogens (primary N) is 1. The van der Waals surface area contributed by atoms with Crippen molar-refractivity contribution < 1.29 is 0 Å². The Hall–Kier alpha value is -2.10. The lowest BCUT2D eigenvalue weighted by molar-refractivity contribution is 0.553. The van der Waals surface area contributed by atoms with Gasteiger partial charge < -0.3 is 10.7 Å². The van der Waals surface area contributed by atoms with Gasteiger partial charge in [0.1, 0.15) is 11.6 Å². The molecular formula is C17H21N3O. The molecule has 0 bridgehead atoms. The summed E-state index contributed by atoms with van der Waals surface area (Å²) >= 11 is 0. The smallest absolute Gasteiger partial charge is 0.256 e. The second kappa shape index (κ2) is 5.72. The molecule has 1 aromatic carbocycles. The fourth-order valence-corrected chi connectivity index (χ4v) is 3.15. The molecule has 3 rings (SSSR count). The Bertz CT molecular complexity index is 705. The van der Waals surface area contributed by atoms with Crippen LogP contribution in [0.15, 0.2) is 29.1 Å². The number of rotatable bonds is 3. The van der Waals surface area contributed by atoms with Gasteiger partial charge in [-0.2, -0.15) is 0 Å². The molecule has 3 N–H and O–H groups in total. The standard InChI is InChI=1S/C17H21N3O/c1-2-5-14-15(18)19-16(20-17(14)21)13-9-8-11-6-3-4-7-12(11)10-13/h3-4,6-7,13H,2,5,8-10H2,1H3,(H3,18,19,20,21). The van der Waals surface area contributed by atoms with Crippen molar-refractivity contribution in [2.75, 3.05) is 5.73 Å². The molecule has 0 aliphatic heterocycles. The average molecular weight is 283 g/mol. The van der Waals surface area contributed by atoms with Crippen LogP contribution in [0.3, 0.4) is 0 Å². The van der Waals surface area contributed by atoms with Gasteiger partial charge in [-0.05, 0) is 36.8 Å². The molecule has 0 saturated carbocycles. The molecule has 0 saturated heterocycles. The SMILES string of the molecule is CCCc1c(N)nc(C2CCc3ccccc3C2)[nH]c1=O. The monoisotopic (exact) mass is 283 g/mol. The second-order valence-corrected chi connectivity index (χ2v) is 5.77. The first-order valence-corrected chi connectivity index (χ1v) is 7.64. The molecule has 0 amide bonds. The van der Waals surface area contributed by atoms with E-state index >= 15 is 0 Å². The topological polar surface area (TPSA) is 71.8 Å². The summed E-state index contributed by atoms with van der Waals surface area (Å²) in [5.41, 5.74) is 9.29. The van der Waals surface area contributed by atoms with Crippen molar-refractivity contribution in [1.29, 1.82) is 0 Å². The van der Waals surface area contributed by atoms with Crippen LogP contribution < -0.4 is 11.3 Å². The quantitative estimate of drug-likeness (QED) is 0.909. The molecule has 4 nitrogen and oxygen atoms in total. The number of aromatic amines is 1. The van der Waals surface area contributed by atoms with Gasteiger partial charge in [0.2, 0.25) is 0 Å². The summed E-state index contributed by atoms with van der Waals surface area (Å²) in [4.78, 5) is 19.6. The second-order valence-electron chi connectivity index (χ2n) is 5.77. The molecule has 2 aromatic rings. The first kappa shape index (κ1) is 13.9. The molecule has 1 aliphatic carbocycles. The molecule has 1 aromatic heterocycles.